The van der Waals surface area contributed by atoms with Gasteiger partial charge in [-0.15, -0.1) is 11.2 Å². The van der Waals surface area contributed by atoms with Crippen LogP contribution in [-0.4, -0.2) is 18.7 Å². The lowest BCUT2D eigenvalue weighted by atomic mass is 10.3. The molecule has 0 aromatic heterocycles. The van der Waals surface area contributed by atoms with Gasteiger partial charge in [-0.3, -0.25) is 0 Å². The molecule has 0 aliphatic carbocycles. The highest BCUT2D eigenvalue weighted by Gasteiger charge is 1.92. The standard InChI is InChI=1S/C6H15N.CH4ClP/c1-5(2)7-6(3)4;1-3-2/h5-7H,1-4H3;3H,1H3. The first-order valence-corrected chi connectivity index (χ1v) is 6.09. The summed E-state index contributed by atoms with van der Waals surface area (Å²) >= 11 is 5.03. The zero-order chi connectivity index (χ0) is 8.57. The molecule has 0 aliphatic rings. The molecule has 0 fully saturated rings. The molecule has 1 unspecified atom stereocenters. The van der Waals surface area contributed by atoms with Gasteiger partial charge < -0.3 is 5.32 Å². The number of hydrogen-bond donors (Lipinski definition) is 1. The van der Waals surface area contributed by atoms with Gasteiger partial charge in [0.2, 0.25) is 0 Å². The van der Waals surface area contributed by atoms with Crippen LogP contribution in [0.4, 0.5) is 0 Å². The fourth-order valence-electron chi connectivity index (χ4n) is 0.667. The summed E-state index contributed by atoms with van der Waals surface area (Å²) in [5, 5.41) is 3.31. The lowest BCUT2D eigenvalue weighted by molar-refractivity contribution is 0.518. The summed E-state index contributed by atoms with van der Waals surface area (Å²) in [6.07, 6.45) is 0. The van der Waals surface area contributed by atoms with E-state index in [9.17, 15) is 0 Å². The van der Waals surface area contributed by atoms with Gasteiger partial charge in [0.05, 0.1) is 0 Å². The van der Waals surface area contributed by atoms with E-state index in [0.717, 1.165) is 0 Å². The molecule has 1 N–H and O–H groups in total. The molecule has 1 nitrogen and oxygen atoms in total. The second-order valence-corrected chi connectivity index (χ2v) is 4.18. The molecule has 0 heterocycles. The van der Waals surface area contributed by atoms with Crippen molar-refractivity contribution in [3.8, 4) is 0 Å². The first-order chi connectivity index (χ1) is 4.54. The highest BCUT2D eigenvalue weighted by Crippen LogP contribution is 2.04. The maximum Gasteiger partial charge on any atom is 0.00127 e. The van der Waals surface area contributed by atoms with Crippen LogP contribution in [0.3, 0.4) is 0 Å². The Kier molecular flexibility index (Phi) is 12.9. The Morgan fingerprint density at radius 3 is 1.30 bits per heavy atom. The van der Waals surface area contributed by atoms with Gasteiger partial charge in [0.25, 0.3) is 0 Å². The highest BCUT2D eigenvalue weighted by atomic mass is 35.7. The minimum Gasteiger partial charge on any atom is -0.312 e. The van der Waals surface area contributed by atoms with Crippen molar-refractivity contribution in [1.82, 2.24) is 5.32 Å². The maximum atomic E-state index is 5.03. The van der Waals surface area contributed by atoms with Crippen LogP contribution in [0.25, 0.3) is 0 Å². The van der Waals surface area contributed by atoms with Crippen LogP contribution in [0, 0.1) is 0 Å². The normalized spacial score (nSPS) is 10.8. The van der Waals surface area contributed by atoms with Gasteiger partial charge in [0.1, 0.15) is 0 Å². The van der Waals surface area contributed by atoms with E-state index < -0.39 is 0 Å². The first kappa shape index (κ1) is 13.3. The van der Waals surface area contributed by atoms with Crippen LogP contribution >= 0.6 is 19.2 Å². The zero-order valence-corrected chi connectivity index (χ0v) is 9.29. The van der Waals surface area contributed by atoms with E-state index in [0.29, 0.717) is 20.0 Å². The SMILES string of the molecule is CC(C)NC(C)C.CPCl. The molecule has 0 saturated heterocycles. The number of nitrogens with one attached hydrogen (secondary N) is 1. The summed E-state index contributed by atoms with van der Waals surface area (Å²) in [5.41, 5.74) is 0. The largest absolute Gasteiger partial charge is 0.312 e. The van der Waals surface area contributed by atoms with Crippen LogP contribution in [0.15, 0.2) is 0 Å². The van der Waals surface area contributed by atoms with Crippen molar-refractivity contribution in [2.75, 3.05) is 6.66 Å². The number of hydrogen-bond acceptors (Lipinski definition) is 1. The molecule has 0 radical (unpaired) electrons. The van der Waals surface area contributed by atoms with Gasteiger partial charge in [0, 0.05) is 12.1 Å². The van der Waals surface area contributed by atoms with Crippen LogP contribution < -0.4 is 5.32 Å². The smallest absolute Gasteiger partial charge is 0.00127 e. The van der Waals surface area contributed by atoms with Gasteiger partial charge in [-0.1, -0.05) is 27.7 Å². The van der Waals surface area contributed by atoms with E-state index in [1.807, 2.05) is 6.66 Å². The molecule has 0 rings (SSSR count). The maximum absolute atomic E-state index is 5.03. The molecule has 10 heavy (non-hydrogen) atoms. The van der Waals surface area contributed by atoms with Crippen molar-refractivity contribution in [2.45, 2.75) is 39.8 Å². The molecule has 3 heteroatoms. The van der Waals surface area contributed by atoms with Crippen molar-refractivity contribution in [2.24, 2.45) is 0 Å². The van der Waals surface area contributed by atoms with Crippen molar-refractivity contribution in [3.63, 3.8) is 0 Å². The summed E-state index contributed by atoms with van der Waals surface area (Å²) in [6.45, 7) is 10.5. The molecule has 0 aromatic rings. The number of halogens is 1. The first-order valence-electron chi connectivity index (χ1n) is 3.58. The minimum absolute atomic E-state index is 0.556. The molecule has 1 atom stereocenters. The highest BCUT2D eigenvalue weighted by molar-refractivity contribution is 7.67. The molecule has 0 spiro atoms. The summed E-state index contributed by atoms with van der Waals surface area (Å²) in [4.78, 5) is 0. The third kappa shape index (κ3) is 23.4. The molecule has 0 saturated carbocycles. The Labute approximate surface area is 71.5 Å². The van der Waals surface area contributed by atoms with Gasteiger partial charge in [-0.2, -0.15) is 0 Å². The Balaban J connectivity index is 0. The van der Waals surface area contributed by atoms with Gasteiger partial charge in [-0.25, -0.2) is 0 Å². The van der Waals surface area contributed by atoms with E-state index in [2.05, 4.69) is 33.0 Å². The van der Waals surface area contributed by atoms with Crippen LogP contribution in [0.1, 0.15) is 27.7 Å². The number of rotatable bonds is 2. The van der Waals surface area contributed by atoms with Crippen molar-refractivity contribution >= 4 is 19.2 Å². The quantitative estimate of drug-likeness (QED) is 0.650. The summed E-state index contributed by atoms with van der Waals surface area (Å²) in [6, 6.07) is 1.25. The second-order valence-electron chi connectivity index (χ2n) is 2.67. The average molecular weight is 184 g/mol. The van der Waals surface area contributed by atoms with E-state index in [-0.39, 0.29) is 0 Å². The van der Waals surface area contributed by atoms with Gasteiger partial charge >= 0.3 is 0 Å². The van der Waals surface area contributed by atoms with Crippen molar-refractivity contribution in [1.29, 1.82) is 0 Å². The van der Waals surface area contributed by atoms with Crippen LogP contribution in [-0.2, 0) is 0 Å². The topological polar surface area (TPSA) is 12.0 Å². The monoisotopic (exact) mass is 183 g/mol. The van der Waals surface area contributed by atoms with E-state index >= 15 is 0 Å². The zero-order valence-electron chi connectivity index (χ0n) is 7.53. The molecule has 0 aliphatic heterocycles. The Morgan fingerprint density at radius 1 is 1.10 bits per heavy atom. The molecule has 0 bridgehead atoms. The third-order valence-electron chi connectivity index (χ3n) is 0.667. The predicted molar refractivity (Wildman–Crippen MR) is 53.5 cm³/mol. The van der Waals surface area contributed by atoms with Crippen molar-refractivity contribution < 1.29 is 0 Å². The predicted octanol–water partition coefficient (Wildman–Crippen LogP) is 2.84. The molecule has 0 amide bonds. The Bertz CT molecular complexity index is 51.6. The molecular formula is C7H19ClNP. The second kappa shape index (κ2) is 9.68. The summed E-state index contributed by atoms with van der Waals surface area (Å²) < 4.78 is 0. The summed E-state index contributed by atoms with van der Waals surface area (Å²) in [5.74, 6) is 0. The minimum atomic E-state index is 0.556. The fraction of sp³-hybridized carbons (Fsp3) is 1.00. The van der Waals surface area contributed by atoms with Gasteiger partial charge in [-0.05, 0) is 14.6 Å². The lowest BCUT2D eigenvalue weighted by Gasteiger charge is -2.10. The van der Waals surface area contributed by atoms with E-state index in [4.69, 9.17) is 11.2 Å². The average Bonchev–Trinajstić information content (AvgIpc) is 1.62. The van der Waals surface area contributed by atoms with Gasteiger partial charge in [0.15, 0.2) is 0 Å². The van der Waals surface area contributed by atoms with E-state index in [1.165, 1.54) is 0 Å². The lowest BCUT2D eigenvalue weighted by Crippen LogP contribution is -2.29. The molecule has 64 valence electrons. The van der Waals surface area contributed by atoms with Crippen LogP contribution in [0.2, 0.25) is 0 Å². The van der Waals surface area contributed by atoms with Crippen molar-refractivity contribution in [3.05, 3.63) is 0 Å². The Hall–Kier alpha value is 0.680. The Morgan fingerprint density at radius 2 is 1.30 bits per heavy atom. The third-order valence-corrected chi connectivity index (χ3v) is 0.667. The fourth-order valence-corrected chi connectivity index (χ4v) is 0.667. The molecular weight excluding hydrogens is 165 g/mol. The molecule has 0 aromatic carbocycles. The summed E-state index contributed by atoms with van der Waals surface area (Å²) in [7, 11) is 0.556. The van der Waals surface area contributed by atoms with E-state index in [1.54, 1.807) is 0 Å². The van der Waals surface area contributed by atoms with Crippen LogP contribution in [0.5, 0.6) is 0 Å².